The second-order valence-corrected chi connectivity index (χ2v) is 6.59. The number of hydrogen-bond acceptors (Lipinski definition) is 2. The molecule has 3 nitrogen and oxygen atoms in total. The quantitative estimate of drug-likeness (QED) is 0.803. The minimum Gasteiger partial charge on any atom is -0.207 e. The van der Waals surface area contributed by atoms with E-state index in [1.165, 1.54) is 0 Å². The normalized spacial score (nSPS) is 11.6. The van der Waals surface area contributed by atoms with Gasteiger partial charge in [-0.1, -0.05) is 54.6 Å². The highest BCUT2D eigenvalue weighted by Crippen LogP contribution is 2.16. The molecular weight excluding hydrogens is 282 g/mol. The predicted molar refractivity (Wildman–Crippen MR) is 84.4 cm³/mol. The van der Waals surface area contributed by atoms with E-state index in [9.17, 15) is 8.42 Å². The molecule has 0 saturated carbocycles. The van der Waals surface area contributed by atoms with Crippen LogP contribution in [-0.4, -0.2) is 8.42 Å². The average Bonchev–Trinajstić information content (AvgIpc) is 2.54. The summed E-state index contributed by atoms with van der Waals surface area (Å²) in [5.74, 6) is 0. The molecule has 0 radical (unpaired) electrons. The van der Waals surface area contributed by atoms with Gasteiger partial charge < -0.3 is 0 Å². The molecule has 3 aromatic rings. The van der Waals surface area contributed by atoms with Crippen LogP contribution in [-0.2, 0) is 16.6 Å². The molecule has 4 heteroatoms. The Hall–Kier alpha value is -2.17. The van der Waals surface area contributed by atoms with Crippen molar-refractivity contribution in [3.8, 4) is 0 Å². The highest BCUT2D eigenvalue weighted by atomic mass is 32.2. The van der Waals surface area contributed by atoms with Gasteiger partial charge in [0.05, 0.1) is 4.90 Å². The van der Waals surface area contributed by atoms with E-state index in [2.05, 4.69) is 4.72 Å². The van der Waals surface area contributed by atoms with Gasteiger partial charge in [-0.3, -0.25) is 0 Å². The Morgan fingerprint density at radius 1 is 0.762 bits per heavy atom. The maximum atomic E-state index is 12.2. The van der Waals surface area contributed by atoms with E-state index in [-0.39, 0.29) is 11.4 Å². The summed E-state index contributed by atoms with van der Waals surface area (Å²) >= 11 is 0. The molecule has 0 heterocycles. The van der Waals surface area contributed by atoms with E-state index in [1.807, 2.05) is 42.5 Å². The van der Waals surface area contributed by atoms with Crippen molar-refractivity contribution >= 4 is 20.8 Å². The van der Waals surface area contributed by atoms with Crippen molar-refractivity contribution in [2.24, 2.45) is 0 Å². The maximum absolute atomic E-state index is 12.2. The van der Waals surface area contributed by atoms with E-state index in [1.54, 1.807) is 30.3 Å². The first-order chi connectivity index (χ1) is 10.1. The molecule has 0 saturated heterocycles. The Balaban J connectivity index is 1.80. The second kappa shape index (κ2) is 5.68. The largest absolute Gasteiger partial charge is 0.240 e. The summed E-state index contributed by atoms with van der Waals surface area (Å²) in [6.45, 7) is 0.280. The van der Waals surface area contributed by atoms with Gasteiger partial charge in [0, 0.05) is 6.54 Å². The number of nitrogens with one attached hydrogen (secondary N) is 1. The van der Waals surface area contributed by atoms with Crippen LogP contribution in [0, 0.1) is 0 Å². The topological polar surface area (TPSA) is 46.2 Å². The highest BCUT2D eigenvalue weighted by Gasteiger charge is 2.12. The van der Waals surface area contributed by atoms with Crippen LogP contribution < -0.4 is 4.72 Å². The predicted octanol–water partition coefficient (Wildman–Crippen LogP) is 3.32. The lowest BCUT2D eigenvalue weighted by Crippen LogP contribution is -2.23. The molecule has 0 unspecified atom stereocenters. The average molecular weight is 297 g/mol. The summed E-state index contributed by atoms with van der Waals surface area (Å²) in [4.78, 5) is 0.283. The van der Waals surface area contributed by atoms with Crippen molar-refractivity contribution in [1.82, 2.24) is 4.72 Å². The van der Waals surface area contributed by atoms with E-state index < -0.39 is 10.0 Å². The van der Waals surface area contributed by atoms with Crippen molar-refractivity contribution < 1.29 is 8.42 Å². The fourth-order valence-electron chi connectivity index (χ4n) is 2.21. The first-order valence-electron chi connectivity index (χ1n) is 6.67. The second-order valence-electron chi connectivity index (χ2n) is 4.82. The molecule has 0 amide bonds. The van der Waals surface area contributed by atoms with Crippen molar-refractivity contribution in [3.63, 3.8) is 0 Å². The lowest BCUT2D eigenvalue weighted by molar-refractivity contribution is 0.581. The first-order valence-corrected chi connectivity index (χ1v) is 8.16. The number of sulfonamides is 1. The Morgan fingerprint density at radius 2 is 1.43 bits per heavy atom. The van der Waals surface area contributed by atoms with Crippen molar-refractivity contribution in [2.75, 3.05) is 0 Å². The van der Waals surface area contributed by atoms with Gasteiger partial charge in [0.15, 0.2) is 0 Å². The van der Waals surface area contributed by atoms with Crippen LogP contribution in [0.5, 0.6) is 0 Å². The fraction of sp³-hybridized carbons (Fsp3) is 0.0588. The highest BCUT2D eigenvalue weighted by molar-refractivity contribution is 7.89. The number of hydrogen-bond donors (Lipinski definition) is 1. The third-order valence-electron chi connectivity index (χ3n) is 3.33. The molecule has 0 aliphatic heterocycles. The van der Waals surface area contributed by atoms with E-state index in [4.69, 9.17) is 0 Å². The first kappa shape index (κ1) is 13.8. The van der Waals surface area contributed by atoms with Gasteiger partial charge in [0.25, 0.3) is 0 Å². The van der Waals surface area contributed by atoms with Gasteiger partial charge in [-0.2, -0.15) is 0 Å². The van der Waals surface area contributed by atoms with Crippen LogP contribution in [0.2, 0.25) is 0 Å². The minimum absolute atomic E-state index is 0.280. The van der Waals surface area contributed by atoms with Gasteiger partial charge in [0.1, 0.15) is 0 Å². The lowest BCUT2D eigenvalue weighted by atomic mass is 10.1. The van der Waals surface area contributed by atoms with Crippen LogP contribution in [0.4, 0.5) is 0 Å². The SMILES string of the molecule is O=S(=O)(NCc1ccc2ccccc2c1)c1ccccc1. The molecule has 0 bridgehead atoms. The number of benzene rings is 3. The summed E-state index contributed by atoms with van der Waals surface area (Å²) in [6.07, 6.45) is 0. The van der Waals surface area contributed by atoms with Gasteiger partial charge >= 0.3 is 0 Å². The summed E-state index contributed by atoms with van der Waals surface area (Å²) in [7, 11) is -3.46. The summed E-state index contributed by atoms with van der Waals surface area (Å²) in [6, 6.07) is 22.3. The third-order valence-corrected chi connectivity index (χ3v) is 4.75. The molecule has 3 aromatic carbocycles. The number of fused-ring (bicyclic) bond motifs is 1. The van der Waals surface area contributed by atoms with E-state index in [0.717, 1.165) is 16.3 Å². The van der Waals surface area contributed by atoms with Crippen LogP contribution in [0.1, 0.15) is 5.56 Å². The summed E-state index contributed by atoms with van der Waals surface area (Å²) in [5.41, 5.74) is 0.938. The van der Waals surface area contributed by atoms with Crippen LogP contribution in [0.25, 0.3) is 10.8 Å². The van der Waals surface area contributed by atoms with Crippen LogP contribution in [0.3, 0.4) is 0 Å². The molecule has 3 rings (SSSR count). The molecule has 0 aromatic heterocycles. The summed E-state index contributed by atoms with van der Waals surface area (Å²) in [5, 5.41) is 2.25. The molecule has 0 spiro atoms. The van der Waals surface area contributed by atoms with Gasteiger partial charge in [-0.05, 0) is 34.5 Å². The molecule has 1 N–H and O–H groups in total. The number of rotatable bonds is 4. The Bertz CT molecular complexity index is 858. The zero-order valence-electron chi connectivity index (χ0n) is 11.4. The van der Waals surface area contributed by atoms with E-state index in [0.29, 0.717) is 0 Å². The Morgan fingerprint density at radius 3 is 2.19 bits per heavy atom. The van der Waals surface area contributed by atoms with Gasteiger partial charge in [-0.15, -0.1) is 0 Å². The van der Waals surface area contributed by atoms with Gasteiger partial charge in [-0.25, -0.2) is 13.1 Å². The molecule has 0 aliphatic rings. The lowest BCUT2D eigenvalue weighted by Gasteiger charge is -2.07. The monoisotopic (exact) mass is 297 g/mol. The Kier molecular flexibility index (Phi) is 3.73. The van der Waals surface area contributed by atoms with Crippen LogP contribution >= 0.6 is 0 Å². The summed E-state index contributed by atoms with van der Waals surface area (Å²) < 4.78 is 26.9. The fourth-order valence-corrected chi connectivity index (χ4v) is 3.25. The molecule has 0 fully saturated rings. The molecule has 21 heavy (non-hydrogen) atoms. The third kappa shape index (κ3) is 3.12. The Labute approximate surface area is 124 Å². The van der Waals surface area contributed by atoms with Crippen LogP contribution in [0.15, 0.2) is 77.7 Å². The zero-order chi connectivity index (χ0) is 14.7. The standard InChI is InChI=1S/C17H15NO2S/c19-21(20,17-8-2-1-3-9-17)18-13-14-10-11-15-6-4-5-7-16(15)12-14/h1-12,18H,13H2. The van der Waals surface area contributed by atoms with Gasteiger partial charge in [0.2, 0.25) is 10.0 Å². The smallest absolute Gasteiger partial charge is 0.207 e. The van der Waals surface area contributed by atoms with Crippen molar-refractivity contribution in [1.29, 1.82) is 0 Å². The molecule has 0 atom stereocenters. The molecule has 0 aliphatic carbocycles. The minimum atomic E-state index is -3.46. The van der Waals surface area contributed by atoms with E-state index >= 15 is 0 Å². The van der Waals surface area contributed by atoms with Crippen molar-refractivity contribution in [3.05, 3.63) is 78.4 Å². The van der Waals surface area contributed by atoms with Crippen molar-refractivity contribution in [2.45, 2.75) is 11.4 Å². The zero-order valence-corrected chi connectivity index (χ0v) is 12.2. The maximum Gasteiger partial charge on any atom is 0.240 e. The molecule has 106 valence electrons. The molecular formula is C17H15NO2S.